The maximum absolute atomic E-state index is 13.5. The van der Waals surface area contributed by atoms with Crippen molar-refractivity contribution in [3.8, 4) is 0 Å². The van der Waals surface area contributed by atoms with Gasteiger partial charge in [0.1, 0.15) is 0 Å². The molecule has 1 unspecified atom stereocenters. The van der Waals surface area contributed by atoms with Gasteiger partial charge in [-0.25, -0.2) is 4.98 Å². The second kappa shape index (κ2) is 8.75. The van der Waals surface area contributed by atoms with E-state index in [2.05, 4.69) is 59.0 Å². The quantitative estimate of drug-likeness (QED) is 0.757. The van der Waals surface area contributed by atoms with E-state index >= 15 is 0 Å². The molecule has 2 aliphatic rings. The van der Waals surface area contributed by atoms with Crippen molar-refractivity contribution in [1.29, 1.82) is 0 Å². The van der Waals surface area contributed by atoms with Crippen LogP contribution in [0.15, 0.2) is 41.9 Å². The van der Waals surface area contributed by atoms with Crippen molar-refractivity contribution in [2.45, 2.75) is 39.2 Å². The summed E-state index contributed by atoms with van der Waals surface area (Å²) < 4.78 is 0. The molecule has 4 nitrogen and oxygen atoms in total. The monoisotopic (exact) mass is 397 g/mol. The van der Waals surface area contributed by atoms with Crippen LogP contribution >= 0.6 is 11.3 Å². The van der Waals surface area contributed by atoms with Gasteiger partial charge in [0.2, 0.25) is 5.91 Å². The lowest BCUT2D eigenvalue weighted by Crippen LogP contribution is -2.45. The zero-order valence-electron chi connectivity index (χ0n) is 17.0. The number of carbonyl (C=O) groups is 1. The highest BCUT2D eigenvalue weighted by Gasteiger charge is 2.42. The summed E-state index contributed by atoms with van der Waals surface area (Å²) >= 11 is 1.69. The lowest BCUT2D eigenvalue weighted by Gasteiger charge is -2.36. The molecule has 2 fully saturated rings. The van der Waals surface area contributed by atoms with Gasteiger partial charge >= 0.3 is 0 Å². The molecule has 0 aliphatic carbocycles. The maximum Gasteiger partial charge on any atom is 0.227 e. The largest absolute Gasteiger partial charge is 0.342 e. The Morgan fingerprint density at radius 3 is 2.75 bits per heavy atom. The fraction of sp³-hybridized carbons (Fsp3) is 0.565. The van der Waals surface area contributed by atoms with Crippen LogP contribution in [0.1, 0.15) is 43.2 Å². The highest BCUT2D eigenvalue weighted by Crippen LogP contribution is 2.37. The number of aromatic nitrogens is 1. The molecule has 150 valence electrons. The van der Waals surface area contributed by atoms with Crippen LogP contribution in [0.3, 0.4) is 0 Å². The molecule has 0 bridgehead atoms. The Bertz CT molecular complexity index is 761. The first-order valence-electron chi connectivity index (χ1n) is 10.6. The normalized spacial score (nSPS) is 26.1. The predicted octanol–water partition coefficient (Wildman–Crippen LogP) is 4.25. The summed E-state index contributed by atoms with van der Waals surface area (Å²) in [7, 11) is 0. The van der Waals surface area contributed by atoms with Gasteiger partial charge in [-0.3, -0.25) is 9.69 Å². The average Bonchev–Trinajstić information content (AvgIpc) is 3.38. The lowest BCUT2D eigenvalue weighted by molar-refractivity contribution is -0.137. The van der Waals surface area contributed by atoms with Gasteiger partial charge in [-0.05, 0) is 30.2 Å². The highest BCUT2D eigenvalue weighted by molar-refractivity contribution is 7.09. The molecular weight excluding hydrogens is 366 g/mol. The Morgan fingerprint density at radius 2 is 2.04 bits per heavy atom. The number of hydrogen-bond donors (Lipinski definition) is 0. The first-order valence-corrected chi connectivity index (χ1v) is 11.4. The molecule has 3 atom stereocenters. The summed E-state index contributed by atoms with van der Waals surface area (Å²) in [6.45, 7) is 9.07. The van der Waals surface area contributed by atoms with E-state index in [0.29, 0.717) is 17.7 Å². The van der Waals surface area contributed by atoms with Crippen molar-refractivity contribution >= 4 is 17.2 Å². The van der Waals surface area contributed by atoms with Crippen LogP contribution in [0.25, 0.3) is 0 Å². The molecule has 5 heteroatoms. The third-order valence-corrected chi connectivity index (χ3v) is 7.35. The third kappa shape index (κ3) is 4.31. The van der Waals surface area contributed by atoms with E-state index in [0.717, 1.165) is 44.2 Å². The van der Waals surface area contributed by atoms with E-state index in [1.54, 1.807) is 11.3 Å². The molecule has 2 aliphatic heterocycles. The number of thiazole rings is 1. The smallest absolute Gasteiger partial charge is 0.227 e. The Kier molecular flexibility index (Phi) is 6.12. The van der Waals surface area contributed by atoms with Crippen molar-refractivity contribution in [2.75, 3.05) is 26.2 Å². The maximum atomic E-state index is 13.5. The first-order chi connectivity index (χ1) is 13.6. The fourth-order valence-electron chi connectivity index (χ4n) is 4.76. The van der Waals surface area contributed by atoms with Crippen molar-refractivity contribution < 1.29 is 4.79 Å². The minimum atomic E-state index is 0.0285. The third-order valence-electron chi connectivity index (χ3n) is 6.44. The van der Waals surface area contributed by atoms with Gasteiger partial charge in [-0.2, -0.15) is 0 Å². The second-order valence-corrected chi connectivity index (χ2v) is 9.62. The molecule has 0 N–H and O–H groups in total. The lowest BCUT2D eigenvalue weighted by atomic mass is 9.86. The number of piperidine rings is 1. The van der Waals surface area contributed by atoms with Crippen LogP contribution in [-0.4, -0.2) is 46.9 Å². The predicted molar refractivity (Wildman–Crippen MR) is 114 cm³/mol. The van der Waals surface area contributed by atoms with Crippen LogP contribution in [0, 0.1) is 17.8 Å². The first kappa shape index (κ1) is 19.6. The SMILES string of the molecule is CC(C)C1CCCN(C(=O)[C@@H]2CN(Cc3ccccc3)C[C@H]2c2nccs2)C1. The number of carbonyl (C=O) groups excluding carboxylic acids is 1. The van der Waals surface area contributed by atoms with Crippen LogP contribution in [0.4, 0.5) is 0 Å². The molecule has 4 rings (SSSR count). The summed E-state index contributed by atoms with van der Waals surface area (Å²) in [6, 6.07) is 10.6. The number of hydrogen-bond acceptors (Lipinski definition) is 4. The van der Waals surface area contributed by atoms with E-state index in [4.69, 9.17) is 0 Å². The number of likely N-dealkylation sites (tertiary alicyclic amines) is 2. The van der Waals surface area contributed by atoms with E-state index in [1.165, 1.54) is 12.0 Å². The van der Waals surface area contributed by atoms with Gasteiger partial charge in [0, 0.05) is 50.2 Å². The minimum Gasteiger partial charge on any atom is -0.342 e. The zero-order valence-corrected chi connectivity index (χ0v) is 17.8. The molecule has 3 heterocycles. The van der Waals surface area contributed by atoms with Gasteiger partial charge in [0.05, 0.1) is 10.9 Å². The Balaban J connectivity index is 1.50. The Morgan fingerprint density at radius 1 is 1.21 bits per heavy atom. The zero-order chi connectivity index (χ0) is 19.5. The minimum absolute atomic E-state index is 0.0285. The highest BCUT2D eigenvalue weighted by atomic mass is 32.1. The molecule has 0 radical (unpaired) electrons. The van der Waals surface area contributed by atoms with Crippen LogP contribution < -0.4 is 0 Å². The molecule has 2 aromatic rings. The van der Waals surface area contributed by atoms with Crippen LogP contribution in [0.2, 0.25) is 0 Å². The topological polar surface area (TPSA) is 36.4 Å². The van der Waals surface area contributed by atoms with Crippen molar-refractivity contribution in [3.05, 3.63) is 52.5 Å². The summed E-state index contributed by atoms with van der Waals surface area (Å²) in [4.78, 5) is 22.7. The van der Waals surface area contributed by atoms with E-state index in [-0.39, 0.29) is 11.8 Å². The molecule has 1 amide bonds. The Labute approximate surface area is 172 Å². The standard InChI is InChI=1S/C23H31N3OS/c1-17(2)19-9-6-11-26(14-19)23(27)21-16-25(13-18-7-4-3-5-8-18)15-20(21)22-24-10-12-28-22/h3-5,7-8,10,12,17,19-21H,6,9,11,13-16H2,1-2H3/t19?,20-,21-/m1/s1. The summed E-state index contributed by atoms with van der Waals surface area (Å²) in [5.41, 5.74) is 1.31. The number of benzene rings is 1. The summed E-state index contributed by atoms with van der Waals surface area (Å²) in [5.74, 6) is 1.87. The molecule has 0 saturated carbocycles. The van der Waals surface area contributed by atoms with E-state index in [9.17, 15) is 4.79 Å². The molecule has 1 aromatic heterocycles. The van der Waals surface area contributed by atoms with Gasteiger partial charge in [-0.15, -0.1) is 11.3 Å². The Hall–Kier alpha value is -1.72. The van der Waals surface area contributed by atoms with Gasteiger partial charge in [0.25, 0.3) is 0 Å². The molecule has 2 saturated heterocycles. The molecule has 0 spiro atoms. The molecule has 28 heavy (non-hydrogen) atoms. The van der Waals surface area contributed by atoms with Crippen molar-refractivity contribution in [3.63, 3.8) is 0 Å². The van der Waals surface area contributed by atoms with Gasteiger partial charge in [0.15, 0.2) is 0 Å². The molecular formula is C23H31N3OS. The number of nitrogens with zero attached hydrogens (tertiary/aromatic N) is 3. The van der Waals surface area contributed by atoms with E-state index < -0.39 is 0 Å². The fourth-order valence-corrected chi connectivity index (χ4v) is 5.56. The number of rotatable bonds is 5. The number of amides is 1. The molecule has 1 aromatic carbocycles. The summed E-state index contributed by atoms with van der Waals surface area (Å²) in [6.07, 6.45) is 4.26. The van der Waals surface area contributed by atoms with Crippen LogP contribution in [-0.2, 0) is 11.3 Å². The van der Waals surface area contributed by atoms with Gasteiger partial charge < -0.3 is 4.90 Å². The summed E-state index contributed by atoms with van der Waals surface area (Å²) in [5, 5.41) is 3.15. The van der Waals surface area contributed by atoms with Gasteiger partial charge in [-0.1, -0.05) is 44.2 Å². The van der Waals surface area contributed by atoms with E-state index in [1.807, 2.05) is 11.6 Å². The van der Waals surface area contributed by atoms with Crippen LogP contribution in [0.5, 0.6) is 0 Å². The average molecular weight is 398 g/mol. The second-order valence-electron chi connectivity index (χ2n) is 8.69. The van der Waals surface area contributed by atoms with Crippen molar-refractivity contribution in [2.24, 2.45) is 17.8 Å². The van der Waals surface area contributed by atoms with Crippen molar-refractivity contribution in [1.82, 2.24) is 14.8 Å².